The van der Waals surface area contributed by atoms with E-state index in [4.69, 9.17) is 27.8 Å². The number of ether oxygens (including phenoxy) is 1. The van der Waals surface area contributed by atoms with E-state index < -0.39 is 37.3 Å². The molecule has 1 aliphatic rings. The molecule has 1 fully saturated rings. The number of anilines is 1. The molecule has 2 rings (SSSR count). The molecule has 106 valence electrons. The summed E-state index contributed by atoms with van der Waals surface area (Å²) < 4.78 is 6.70. The summed E-state index contributed by atoms with van der Waals surface area (Å²) in [5.74, 6) is 0.214. The highest BCUT2D eigenvalue weighted by Gasteiger charge is 2.44. The molecule has 0 bridgehead atoms. The molecule has 6 N–H and O–H groups in total. The van der Waals surface area contributed by atoms with E-state index in [9.17, 15) is 15.3 Å². The number of nitrogens with two attached hydrogens (primary N) is 1. The first-order valence-corrected chi connectivity index (χ1v) is 6.01. The van der Waals surface area contributed by atoms with E-state index in [0.717, 1.165) is 0 Å². The second-order valence-corrected chi connectivity index (χ2v) is 4.63. The first-order chi connectivity index (χ1) is 8.95. The summed E-state index contributed by atoms with van der Waals surface area (Å²) in [6, 6.07) is 1.46. The average Bonchev–Trinajstić information content (AvgIpc) is 2.38. The molecule has 1 aromatic heterocycles. The molecule has 0 spiro atoms. The Morgan fingerprint density at radius 2 is 2.00 bits per heavy atom. The van der Waals surface area contributed by atoms with E-state index in [1.807, 2.05) is 0 Å². The second-order valence-electron chi connectivity index (χ2n) is 4.26. The van der Waals surface area contributed by atoms with Gasteiger partial charge < -0.3 is 30.9 Å². The minimum absolute atomic E-state index is 0.0596. The van der Waals surface area contributed by atoms with Crippen LogP contribution >= 0.6 is 12.2 Å². The zero-order chi connectivity index (χ0) is 14.2. The van der Waals surface area contributed by atoms with Crippen LogP contribution in [0.2, 0.25) is 0 Å². The van der Waals surface area contributed by atoms with Gasteiger partial charge in [-0.05, 0) is 18.3 Å². The largest absolute Gasteiger partial charge is 0.394 e. The van der Waals surface area contributed by atoms with Crippen molar-refractivity contribution in [2.24, 2.45) is 0 Å². The Morgan fingerprint density at radius 3 is 2.58 bits per heavy atom. The van der Waals surface area contributed by atoms with Gasteiger partial charge >= 0.3 is 0 Å². The van der Waals surface area contributed by atoms with Crippen LogP contribution in [0.1, 0.15) is 6.23 Å². The lowest BCUT2D eigenvalue weighted by atomic mass is 9.98. The van der Waals surface area contributed by atoms with Crippen LogP contribution in [0.3, 0.4) is 0 Å². The second kappa shape index (κ2) is 5.49. The molecular weight excluding hydrogens is 274 g/mol. The minimum atomic E-state index is -1.46. The standard InChI is InChI=1S/C10H15N3O5S/c11-5-1-2-13(10(19)12-5)9-8(17)7(16)6(15)4(3-14)18-9/h1-2,4,6-9,14-17H,3H2,(H2,11,12,19)/t4-,6+,7+,8-,9-/m1/s1. The van der Waals surface area contributed by atoms with Crippen molar-refractivity contribution in [3.63, 3.8) is 0 Å². The van der Waals surface area contributed by atoms with Crippen LogP contribution in [0.15, 0.2) is 12.3 Å². The molecule has 0 radical (unpaired) electrons. The molecule has 0 amide bonds. The Bertz CT molecular complexity index is 508. The van der Waals surface area contributed by atoms with E-state index in [0.29, 0.717) is 0 Å². The van der Waals surface area contributed by atoms with Crippen LogP contribution in [0.4, 0.5) is 5.82 Å². The molecular formula is C10H15N3O5S. The molecule has 8 nitrogen and oxygen atoms in total. The number of nitrogen functional groups attached to an aromatic ring is 1. The summed E-state index contributed by atoms with van der Waals surface area (Å²) in [6.45, 7) is -0.503. The summed E-state index contributed by atoms with van der Waals surface area (Å²) in [6.07, 6.45) is -4.88. The van der Waals surface area contributed by atoms with Crippen LogP contribution in [0.5, 0.6) is 0 Å². The summed E-state index contributed by atoms with van der Waals surface area (Å²) in [5, 5.41) is 38.4. The number of rotatable bonds is 2. The molecule has 1 aromatic rings. The number of hydrogen-bond donors (Lipinski definition) is 5. The molecule has 19 heavy (non-hydrogen) atoms. The lowest BCUT2D eigenvalue weighted by Crippen LogP contribution is -2.56. The van der Waals surface area contributed by atoms with Crippen LogP contribution in [0, 0.1) is 4.77 Å². The summed E-state index contributed by atoms with van der Waals surface area (Å²) in [4.78, 5) is 3.84. The van der Waals surface area contributed by atoms with Gasteiger partial charge in [-0.1, -0.05) is 0 Å². The number of aromatic nitrogens is 2. The maximum absolute atomic E-state index is 9.93. The van der Waals surface area contributed by atoms with Crippen LogP contribution < -0.4 is 5.73 Å². The first-order valence-electron chi connectivity index (χ1n) is 5.61. The smallest absolute Gasteiger partial charge is 0.203 e. The first kappa shape index (κ1) is 14.3. The highest BCUT2D eigenvalue weighted by molar-refractivity contribution is 7.71. The molecule has 9 heteroatoms. The highest BCUT2D eigenvalue weighted by Crippen LogP contribution is 2.28. The van der Waals surface area contributed by atoms with Crippen molar-refractivity contribution in [3.05, 3.63) is 17.0 Å². The van der Waals surface area contributed by atoms with Gasteiger partial charge in [-0.2, -0.15) is 0 Å². The number of nitrogens with zero attached hydrogens (tertiary/aromatic N) is 2. The van der Waals surface area contributed by atoms with E-state index in [-0.39, 0.29) is 10.6 Å². The van der Waals surface area contributed by atoms with Gasteiger partial charge in [-0.15, -0.1) is 0 Å². The van der Waals surface area contributed by atoms with E-state index in [1.54, 1.807) is 0 Å². The van der Waals surface area contributed by atoms with Gasteiger partial charge in [0.1, 0.15) is 30.2 Å². The number of aliphatic hydroxyl groups is 4. The van der Waals surface area contributed by atoms with E-state index in [1.165, 1.54) is 16.8 Å². The molecule has 1 saturated heterocycles. The highest BCUT2D eigenvalue weighted by atomic mass is 32.1. The normalized spacial score (nSPS) is 35.3. The third-order valence-electron chi connectivity index (χ3n) is 2.99. The molecule has 0 unspecified atom stereocenters. The maximum atomic E-state index is 9.93. The molecule has 0 aliphatic carbocycles. The lowest BCUT2D eigenvalue weighted by Gasteiger charge is -2.40. The SMILES string of the molecule is Nc1ccn([C@@H]2O[C@H](CO)[C@H](O)[C@H](O)[C@H]2O)c(=S)n1. The topological polar surface area (TPSA) is 134 Å². The van der Waals surface area contributed by atoms with Crippen LogP contribution in [0.25, 0.3) is 0 Å². The Labute approximate surface area is 113 Å². The Hall–Kier alpha value is -1.10. The molecule has 1 aliphatic heterocycles. The van der Waals surface area contributed by atoms with Gasteiger partial charge in [0.2, 0.25) is 4.77 Å². The van der Waals surface area contributed by atoms with Crippen LogP contribution in [-0.2, 0) is 4.74 Å². The van der Waals surface area contributed by atoms with Crippen molar-refractivity contribution in [1.29, 1.82) is 0 Å². The fourth-order valence-corrected chi connectivity index (χ4v) is 2.20. The predicted octanol–water partition coefficient (Wildman–Crippen LogP) is -1.83. The zero-order valence-electron chi connectivity index (χ0n) is 9.83. The zero-order valence-corrected chi connectivity index (χ0v) is 10.6. The predicted molar refractivity (Wildman–Crippen MR) is 66.5 cm³/mol. The molecule has 0 saturated carbocycles. The fraction of sp³-hybridized carbons (Fsp3) is 0.600. The van der Waals surface area contributed by atoms with Crippen molar-refractivity contribution in [2.75, 3.05) is 12.3 Å². The van der Waals surface area contributed by atoms with Crippen molar-refractivity contribution in [3.8, 4) is 0 Å². The molecule has 2 heterocycles. The van der Waals surface area contributed by atoms with Gasteiger partial charge in [0.25, 0.3) is 0 Å². The summed E-state index contributed by atoms with van der Waals surface area (Å²) in [5.41, 5.74) is 5.47. The van der Waals surface area contributed by atoms with E-state index in [2.05, 4.69) is 4.98 Å². The van der Waals surface area contributed by atoms with Crippen molar-refractivity contribution >= 4 is 18.0 Å². The Balaban J connectivity index is 2.35. The van der Waals surface area contributed by atoms with E-state index >= 15 is 0 Å². The lowest BCUT2D eigenvalue weighted by molar-refractivity contribution is -0.251. The number of aliphatic hydroxyl groups excluding tert-OH is 4. The van der Waals surface area contributed by atoms with Gasteiger partial charge in [-0.25, -0.2) is 4.98 Å². The maximum Gasteiger partial charge on any atom is 0.203 e. The van der Waals surface area contributed by atoms with Crippen LogP contribution in [-0.4, -0.2) is 61.0 Å². The fourth-order valence-electron chi connectivity index (χ4n) is 1.93. The Kier molecular flexibility index (Phi) is 4.13. The van der Waals surface area contributed by atoms with Gasteiger partial charge in [0, 0.05) is 6.20 Å². The third kappa shape index (κ3) is 2.61. The summed E-state index contributed by atoms with van der Waals surface area (Å²) >= 11 is 4.99. The number of hydrogen-bond acceptors (Lipinski definition) is 8. The average molecular weight is 289 g/mol. The molecule has 0 aromatic carbocycles. The molecule has 5 atom stereocenters. The van der Waals surface area contributed by atoms with Crippen molar-refractivity contribution in [2.45, 2.75) is 30.6 Å². The Morgan fingerprint density at radius 1 is 1.32 bits per heavy atom. The minimum Gasteiger partial charge on any atom is -0.394 e. The van der Waals surface area contributed by atoms with Crippen molar-refractivity contribution < 1.29 is 25.2 Å². The quantitative estimate of drug-likeness (QED) is 0.401. The van der Waals surface area contributed by atoms with Crippen molar-refractivity contribution in [1.82, 2.24) is 9.55 Å². The third-order valence-corrected chi connectivity index (χ3v) is 3.29. The monoisotopic (exact) mass is 289 g/mol. The van der Waals surface area contributed by atoms with Gasteiger partial charge in [0.15, 0.2) is 6.23 Å². The van der Waals surface area contributed by atoms with Gasteiger partial charge in [-0.3, -0.25) is 4.57 Å². The summed E-state index contributed by atoms with van der Waals surface area (Å²) in [7, 11) is 0. The van der Waals surface area contributed by atoms with Gasteiger partial charge in [0.05, 0.1) is 6.61 Å².